The van der Waals surface area contributed by atoms with Gasteiger partial charge in [-0.05, 0) is 19.4 Å². The molecule has 1 unspecified atom stereocenters. The number of rotatable bonds is 4. The number of amides is 3. The van der Waals surface area contributed by atoms with E-state index in [1.165, 1.54) is 0 Å². The Morgan fingerprint density at radius 3 is 2.77 bits per heavy atom. The molecule has 0 spiro atoms. The first-order chi connectivity index (χ1) is 10.7. The standard InChI is InChI=1S/C15H26N4O3/c20-14(18-8-10-22-11-9-18)3-6-17-5-1-2-13(12-17)19-7-4-16-15(19)21/h13H,1-12H2,(H,16,21). The first-order valence-electron chi connectivity index (χ1n) is 8.36. The Bertz CT molecular complexity index is 412. The molecule has 7 nitrogen and oxygen atoms in total. The molecule has 22 heavy (non-hydrogen) atoms. The van der Waals surface area contributed by atoms with Crippen molar-refractivity contribution in [3.05, 3.63) is 0 Å². The van der Waals surface area contributed by atoms with Crippen LogP contribution in [-0.2, 0) is 9.53 Å². The Morgan fingerprint density at radius 2 is 2.05 bits per heavy atom. The molecule has 3 aliphatic heterocycles. The SMILES string of the molecule is O=C(CCN1CCCC(N2CCNC2=O)C1)N1CCOCC1. The zero-order chi connectivity index (χ0) is 15.4. The molecule has 0 aliphatic carbocycles. The topological polar surface area (TPSA) is 65.1 Å². The molecule has 3 rings (SSSR count). The summed E-state index contributed by atoms with van der Waals surface area (Å²) >= 11 is 0. The number of piperidine rings is 1. The van der Waals surface area contributed by atoms with Gasteiger partial charge in [-0.1, -0.05) is 0 Å². The molecule has 0 aromatic rings. The van der Waals surface area contributed by atoms with Gasteiger partial charge in [0.15, 0.2) is 0 Å². The molecule has 0 aromatic heterocycles. The lowest BCUT2D eigenvalue weighted by Crippen LogP contribution is -2.50. The number of nitrogens with one attached hydrogen (secondary N) is 1. The minimum Gasteiger partial charge on any atom is -0.378 e. The van der Waals surface area contributed by atoms with Crippen molar-refractivity contribution in [1.29, 1.82) is 0 Å². The predicted molar refractivity (Wildman–Crippen MR) is 81.6 cm³/mol. The average Bonchev–Trinajstić information content (AvgIpc) is 3.00. The summed E-state index contributed by atoms with van der Waals surface area (Å²) in [6.07, 6.45) is 2.74. The van der Waals surface area contributed by atoms with E-state index in [1.807, 2.05) is 9.80 Å². The minimum absolute atomic E-state index is 0.0660. The van der Waals surface area contributed by atoms with Gasteiger partial charge in [-0.15, -0.1) is 0 Å². The zero-order valence-corrected chi connectivity index (χ0v) is 13.1. The molecule has 3 fully saturated rings. The number of hydrogen-bond donors (Lipinski definition) is 1. The average molecular weight is 310 g/mol. The molecule has 3 heterocycles. The van der Waals surface area contributed by atoms with Crippen LogP contribution in [0.2, 0.25) is 0 Å². The summed E-state index contributed by atoms with van der Waals surface area (Å²) in [4.78, 5) is 30.2. The lowest BCUT2D eigenvalue weighted by molar-refractivity contribution is -0.135. The van der Waals surface area contributed by atoms with Crippen LogP contribution < -0.4 is 5.32 Å². The second kappa shape index (κ2) is 7.28. The molecule has 3 saturated heterocycles. The van der Waals surface area contributed by atoms with Crippen LogP contribution in [0.15, 0.2) is 0 Å². The van der Waals surface area contributed by atoms with Crippen LogP contribution >= 0.6 is 0 Å². The molecule has 0 bridgehead atoms. The maximum Gasteiger partial charge on any atom is 0.317 e. The Hall–Kier alpha value is -1.34. The predicted octanol–water partition coefficient (Wildman–Crippen LogP) is -0.275. The fraction of sp³-hybridized carbons (Fsp3) is 0.867. The zero-order valence-electron chi connectivity index (χ0n) is 13.1. The highest BCUT2D eigenvalue weighted by Gasteiger charge is 2.31. The normalized spacial score (nSPS) is 27.1. The lowest BCUT2D eigenvalue weighted by atomic mass is 10.0. The van der Waals surface area contributed by atoms with Crippen molar-refractivity contribution < 1.29 is 14.3 Å². The number of morpholine rings is 1. The Morgan fingerprint density at radius 1 is 1.23 bits per heavy atom. The van der Waals surface area contributed by atoms with E-state index >= 15 is 0 Å². The van der Waals surface area contributed by atoms with Gasteiger partial charge in [-0.2, -0.15) is 0 Å². The van der Waals surface area contributed by atoms with E-state index in [1.54, 1.807) is 0 Å². The van der Waals surface area contributed by atoms with Gasteiger partial charge in [0.2, 0.25) is 5.91 Å². The van der Waals surface area contributed by atoms with Gasteiger partial charge >= 0.3 is 6.03 Å². The number of carbonyl (C=O) groups excluding carboxylic acids is 2. The van der Waals surface area contributed by atoms with E-state index in [2.05, 4.69) is 10.2 Å². The van der Waals surface area contributed by atoms with E-state index in [0.717, 1.165) is 58.7 Å². The monoisotopic (exact) mass is 310 g/mol. The summed E-state index contributed by atoms with van der Waals surface area (Å²) in [7, 11) is 0. The third kappa shape index (κ3) is 3.70. The summed E-state index contributed by atoms with van der Waals surface area (Å²) < 4.78 is 5.28. The van der Waals surface area contributed by atoms with Gasteiger partial charge in [0.1, 0.15) is 0 Å². The molecule has 124 valence electrons. The Labute approximate surface area is 131 Å². The van der Waals surface area contributed by atoms with Crippen LogP contribution in [0.3, 0.4) is 0 Å². The molecule has 0 saturated carbocycles. The van der Waals surface area contributed by atoms with Crippen molar-refractivity contribution in [3.63, 3.8) is 0 Å². The van der Waals surface area contributed by atoms with E-state index in [9.17, 15) is 9.59 Å². The van der Waals surface area contributed by atoms with Crippen molar-refractivity contribution in [2.45, 2.75) is 25.3 Å². The van der Waals surface area contributed by atoms with Crippen LogP contribution in [0.25, 0.3) is 0 Å². The molecule has 3 aliphatic rings. The van der Waals surface area contributed by atoms with Crippen LogP contribution in [0.5, 0.6) is 0 Å². The molecule has 0 aromatic carbocycles. The first kappa shape index (κ1) is 15.6. The van der Waals surface area contributed by atoms with Crippen molar-refractivity contribution in [2.75, 3.05) is 59.0 Å². The first-order valence-corrected chi connectivity index (χ1v) is 8.36. The molecule has 0 radical (unpaired) electrons. The summed E-state index contributed by atoms with van der Waals surface area (Å²) in [6.45, 7) is 7.03. The highest BCUT2D eigenvalue weighted by Crippen LogP contribution is 2.18. The van der Waals surface area contributed by atoms with Crippen molar-refractivity contribution in [3.8, 4) is 0 Å². The van der Waals surface area contributed by atoms with Crippen molar-refractivity contribution >= 4 is 11.9 Å². The fourth-order valence-corrected chi connectivity index (χ4v) is 3.55. The van der Waals surface area contributed by atoms with E-state index in [-0.39, 0.29) is 11.9 Å². The largest absolute Gasteiger partial charge is 0.378 e. The number of ether oxygens (including phenoxy) is 1. The van der Waals surface area contributed by atoms with Crippen molar-refractivity contribution in [1.82, 2.24) is 20.0 Å². The van der Waals surface area contributed by atoms with Gasteiger partial charge in [0.25, 0.3) is 0 Å². The lowest BCUT2D eigenvalue weighted by Gasteiger charge is -2.37. The molecule has 1 N–H and O–H groups in total. The highest BCUT2D eigenvalue weighted by molar-refractivity contribution is 5.77. The van der Waals surface area contributed by atoms with Gasteiger partial charge in [0.05, 0.1) is 13.2 Å². The van der Waals surface area contributed by atoms with Gasteiger partial charge in [-0.25, -0.2) is 4.79 Å². The Balaban J connectivity index is 1.44. The van der Waals surface area contributed by atoms with E-state index in [0.29, 0.717) is 25.7 Å². The fourth-order valence-electron chi connectivity index (χ4n) is 3.55. The van der Waals surface area contributed by atoms with Gasteiger partial charge in [-0.3, -0.25) is 4.79 Å². The second-order valence-corrected chi connectivity index (χ2v) is 6.27. The summed E-state index contributed by atoms with van der Waals surface area (Å²) in [5.41, 5.74) is 0. The number of urea groups is 1. The van der Waals surface area contributed by atoms with Crippen LogP contribution in [0, 0.1) is 0 Å². The molecule has 7 heteroatoms. The highest BCUT2D eigenvalue weighted by atomic mass is 16.5. The maximum atomic E-state index is 12.2. The van der Waals surface area contributed by atoms with E-state index < -0.39 is 0 Å². The smallest absolute Gasteiger partial charge is 0.317 e. The molecule has 3 amide bonds. The van der Waals surface area contributed by atoms with Crippen LogP contribution in [0.4, 0.5) is 4.79 Å². The van der Waals surface area contributed by atoms with Gasteiger partial charge < -0.3 is 24.8 Å². The van der Waals surface area contributed by atoms with Crippen LogP contribution in [-0.4, -0.2) is 91.7 Å². The summed E-state index contributed by atoms with van der Waals surface area (Å²) in [6, 6.07) is 0.367. The minimum atomic E-state index is 0.0660. The van der Waals surface area contributed by atoms with Crippen molar-refractivity contribution in [2.24, 2.45) is 0 Å². The summed E-state index contributed by atoms with van der Waals surface area (Å²) in [5, 5.41) is 2.87. The van der Waals surface area contributed by atoms with Crippen LogP contribution in [0.1, 0.15) is 19.3 Å². The molecule has 1 atom stereocenters. The Kier molecular flexibility index (Phi) is 5.15. The maximum absolute atomic E-state index is 12.2. The number of likely N-dealkylation sites (tertiary alicyclic amines) is 1. The third-order valence-electron chi connectivity index (χ3n) is 4.82. The summed E-state index contributed by atoms with van der Waals surface area (Å²) in [5.74, 6) is 0.226. The van der Waals surface area contributed by atoms with Gasteiger partial charge in [0, 0.05) is 51.7 Å². The number of carbonyl (C=O) groups is 2. The van der Waals surface area contributed by atoms with E-state index in [4.69, 9.17) is 4.74 Å². The molecular weight excluding hydrogens is 284 g/mol. The second-order valence-electron chi connectivity index (χ2n) is 6.27. The molecular formula is C15H26N4O3. The number of hydrogen-bond acceptors (Lipinski definition) is 4. The number of nitrogens with zero attached hydrogens (tertiary/aromatic N) is 3. The third-order valence-corrected chi connectivity index (χ3v) is 4.82. The quantitative estimate of drug-likeness (QED) is 0.776.